The molecule has 3 aromatic carbocycles. The van der Waals surface area contributed by atoms with E-state index in [2.05, 4.69) is 32.1 Å². The molecule has 0 aliphatic heterocycles. The number of amides is 3. The van der Waals surface area contributed by atoms with Gasteiger partial charge in [0.1, 0.15) is 5.75 Å². The number of hydrazine groups is 1. The smallest absolute Gasteiger partial charge is 0.269 e. The Bertz CT molecular complexity index is 1150. The molecule has 0 saturated carbocycles. The lowest BCUT2D eigenvalue weighted by molar-refractivity contribution is -0.116. The molecule has 3 rings (SSSR count). The number of hydrogen-bond donors (Lipinski definition) is 3. The molecule has 0 heterocycles. The second kappa shape index (κ2) is 13.3. The summed E-state index contributed by atoms with van der Waals surface area (Å²) in [6, 6.07) is 21.5. The van der Waals surface area contributed by atoms with E-state index in [0.717, 1.165) is 19.3 Å². The third kappa shape index (κ3) is 8.26. The van der Waals surface area contributed by atoms with E-state index in [-0.39, 0.29) is 5.91 Å². The van der Waals surface area contributed by atoms with E-state index in [1.54, 1.807) is 42.5 Å². The van der Waals surface area contributed by atoms with Crippen molar-refractivity contribution in [3.8, 4) is 5.75 Å². The molecular formula is C27H28BrN3O4. The van der Waals surface area contributed by atoms with Crippen LogP contribution in [0.3, 0.4) is 0 Å². The fourth-order valence-corrected chi connectivity index (χ4v) is 3.70. The summed E-state index contributed by atoms with van der Waals surface area (Å²) in [5.74, 6) is -0.365. The fourth-order valence-electron chi connectivity index (χ4n) is 3.21. The summed E-state index contributed by atoms with van der Waals surface area (Å²) >= 11 is 3.43. The molecule has 0 fully saturated rings. The normalized spacial score (nSPS) is 10.3. The van der Waals surface area contributed by atoms with Gasteiger partial charge in [-0.2, -0.15) is 0 Å². The molecule has 8 heteroatoms. The number of carbonyl (C=O) groups excluding carboxylic acids is 3. The quantitative estimate of drug-likeness (QED) is 0.307. The first kappa shape index (κ1) is 26.0. The average molecular weight is 538 g/mol. The molecule has 182 valence electrons. The van der Waals surface area contributed by atoms with Crippen LogP contribution >= 0.6 is 15.9 Å². The van der Waals surface area contributed by atoms with Crippen molar-refractivity contribution in [2.45, 2.75) is 32.6 Å². The minimum absolute atomic E-state index is 0.0601. The van der Waals surface area contributed by atoms with Gasteiger partial charge in [-0.3, -0.25) is 25.2 Å². The Morgan fingerprint density at radius 3 is 2.17 bits per heavy atom. The maximum Gasteiger partial charge on any atom is 0.269 e. The van der Waals surface area contributed by atoms with Gasteiger partial charge in [0.25, 0.3) is 11.8 Å². The molecule has 0 aliphatic carbocycles. The van der Waals surface area contributed by atoms with Gasteiger partial charge >= 0.3 is 0 Å². The molecule has 0 bridgehead atoms. The SMILES string of the molecule is CCCCC(=O)Nc1ccc(C(=O)NNC(=O)c2ccc(OCCc3ccccc3)c(Br)c2)cc1. The van der Waals surface area contributed by atoms with E-state index in [9.17, 15) is 14.4 Å². The van der Waals surface area contributed by atoms with E-state index in [1.165, 1.54) is 5.56 Å². The predicted octanol–water partition coefficient (Wildman–Crippen LogP) is 5.27. The first-order valence-electron chi connectivity index (χ1n) is 11.4. The van der Waals surface area contributed by atoms with Crippen LogP contribution in [-0.4, -0.2) is 24.3 Å². The van der Waals surface area contributed by atoms with E-state index in [0.29, 0.717) is 40.1 Å². The number of benzene rings is 3. The Labute approximate surface area is 213 Å². The van der Waals surface area contributed by atoms with Crippen LogP contribution in [0.2, 0.25) is 0 Å². The summed E-state index contributed by atoms with van der Waals surface area (Å²) < 4.78 is 6.45. The molecule has 3 amide bonds. The first-order valence-corrected chi connectivity index (χ1v) is 12.2. The van der Waals surface area contributed by atoms with Crippen molar-refractivity contribution in [3.05, 3.63) is 94.0 Å². The van der Waals surface area contributed by atoms with Crippen LogP contribution < -0.4 is 20.9 Å². The third-order valence-electron chi connectivity index (χ3n) is 5.16. The maximum absolute atomic E-state index is 12.5. The van der Waals surface area contributed by atoms with Gasteiger partial charge in [0.15, 0.2) is 0 Å². The Morgan fingerprint density at radius 1 is 0.857 bits per heavy atom. The van der Waals surface area contributed by atoms with E-state index >= 15 is 0 Å². The van der Waals surface area contributed by atoms with Gasteiger partial charge in [-0.15, -0.1) is 0 Å². The van der Waals surface area contributed by atoms with Crippen LogP contribution in [0.25, 0.3) is 0 Å². The number of ether oxygens (including phenoxy) is 1. The van der Waals surface area contributed by atoms with Gasteiger partial charge in [-0.1, -0.05) is 43.7 Å². The summed E-state index contributed by atoms with van der Waals surface area (Å²) in [6.07, 6.45) is 3.00. The number of carbonyl (C=O) groups is 3. The summed E-state index contributed by atoms with van der Waals surface area (Å²) in [5.41, 5.74) is 7.31. The molecule has 3 aromatic rings. The van der Waals surface area contributed by atoms with Gasteiger partial charge in [0, 0.05) is 29.7 Å². The average Bonchev–Trinajstić information content (AvgIpc) is 2.87. The number of rotatable bonds is 10. The van der Waals surface area contributed by atoms with Crippen LogP contribution in [-0.2, 0) is 11.2 Å². The highest BCUT2D eigenvalue weighted by Crippen LogP contribution is 2.26. The van der Waals surface area contributed by atoms with Crippen LogP contribution in [0, 0.1) is 0 Å². The zero-order chi connectivity index (χ0) is 25.0. The van der Waals surface area contributed by atoms with Crippen LogP contribution in [0.4, 0.5) is 5.69 Å². The molecule has 7 nitrogen and oxygen atoms in total. The molecule has 0 aromatic heterocycles. The summed E-state index contributed by atoms with van der Waals surface area (Å²) in [7, 11) is 0. The zero-order valence-corrected chi connectivity index (χ0v) is 21.1. The summed E-state index contributed by atoms with van der Waals surface area (Å²) in [6.45, 7) is 2.53. The highest BCUT2D eigenvalue weighted by atomic mass is 79.9. The van der Waals surface area contributed by atoms with Crippen molar-refractivity contribution < 1.29 is 19.1 Å². The van der Waals surface area contributed by atoms with Crippen LogP contribution in [0.5, 0.6) is 5.75 Å². The van der Waals surface area contributed by atoms with Crippen molar-refractivity contribution in [2.75, 3.05) is 11.9 Å². The number of anilines is 1. The number of nitrogens with one attached hydrogen (secondary N) is 3. The Balaban J connectivity index is 1.47. The minimum Gasteiger partial charge on any atom is -0.492 e. The molecule has 35 heavy (non-hydrogen) atoms. The van der Waals surface area contributed by atoms with Crippen molar-refractivity contribution in [3.63, 3.8) is 0 Å². The second-order valence-electron chi connectivity index (χ2n) is 7.87. The van der Waals surface area contributed by atoms with Gasteiger partial charge in [0.2, 0.25) is 5.91 Å². The predicted molar refractivity (Wildman–Crippen MR) is 139 cm³/mol. The van der Waals surface area contributed by atoms with Crippen molar-refractivity contribution in [1.82, 2.24) is 10.9 Å². The standard InChI is InChI=1S/C27H28BrN3O4/c1-2-3-9-25(32)29-22-13-10-20(11-14-22)26(33)30-31-27(34)21-12-15-24(23(28)18-21)35-17-16-19-7-5-4-6-8-19/h4-8,10-15,18H,2-3,9,16-17H2,1H3,(H,29,32)(H,30,33)(H,31,34). The summed E-state index contributed by atoms with van der Waals surface area (Å²) in [5, 5.41) is 2.79. The molecular weight excluding hydrogens is 510 g/mol. The van der Waals surface area contributed by atoms with E-state index in [1.807, 2.05) is 37.3 Å². The maximum atomic E-state index is 12.5. The molecule has 0 radical (unpaired) electrons. The Hall–Kier alpha value is -3.65. The molecule has 0 unspecified atom stereocenters. The Morgan fingerprint density at radius 2 is 1.51 bits per heavy atom. The lowest BCUT2D eigenvalue weighted by Crippen LogP contribution is -2.41. The van der Waals surface area contributed by atoms with E-state index in [4.69, 9.17) is 4.74 Å². The Kier molecular flexibility index (Phi) is 9.86. The summed E-state index contributed by atoms with van der Waals surface area (Å²) in [4.78, 5) is 36.6. The molecule has 0 saturated heterocycles. The monoisotopic (exact) mass is 537 g/mol. The van der Waals surface area contributed by atoms with Crippen molar-refractivity contribution in [2.24, 2.45) is 0 Å². The van der Waals surface area contributed by atoms with Crippen LogP contribution in [0.15, 0.2) is 77.3 Å². The highest BCUT2D eigenvalue weighted by Gasteiger charge is 2.12. The second-order valence-corrected chi connectivity index (χ2v) is 8.72. The fraction of sp³-hybridized carbons (Fsp3) is 0.222. The molecule has 0 aliphatic rings. The molecule has 0 atom stereocenters. The van der Waals surface area contributed by atoms with Crippen molar-refractivity contribution >= 4 is 39.3 Å². The van der Waals surface area contributed by atoms with Crippen molar-refractivity contribution in [1.29, 1.82) is 0 Å². The van der Waals surface area contributed by atoms with Gasteiger partial charge in [-0.05, 0) is 70.4 Å². The number of unbranched alkanes of at least 4 members (excludes halogenated alkanes) is 1. The third-order valence-corrected chi connectivity index (χ3v) is 5.78. The van der Waals surface area contributed by atoms with Crippen LogP contribution in [0.1, 0.15) is 52.5 Å². The lowest BCUT2D eigenvalue weighted by Gasteiger charge is -2.11. The largest absolute Gasteiger partial charge is 0.492 e. The molecule has 3 N–H and O–H groups in total. The topological polar surface area (TPSA) is 96.5 Å². The van der Waals surface area contributed by atoms with Gasteiger partial charge in [0.05, 0.1) is 11.1 Å². The number of halogens is 1. The first-order chi connectivity index (χ1) is 17.0. The lowest BCUT2D eigenvalue weighted by atomic mass is 10.2. The molecule has 0 spiro atoms. The zero-order valence-electron chi connectivity index (χ0n) is 19.5. The highest BCUT2D eigenvalue weighted by molar-refractivity contribution is 9.10. The minimum atomic E-state index is -0.470. The number of hydrogen-bond acceptors (Lipinski definition) is 4. The van der Waals surface area contributed by atoms with E-state index < -0.39 is 11.8 Å². The van der Waals surface area contributed by atoms with Gasteiger partial charge in [-0.25, -0.2) is 0 Å². The van der Waals surface area contributed by atoms with Gasteiger partial charge < -0.3 is 10.1 Å².